The van der Waals surface area contributed by atoms with Crippen molar-refractivity contribution in [1.82, 2.24) is 5.32 Å². The van der Waals surface area contributed by atoms with E-state index in [9.17, 15) is 0 Å². The first-order valence-electron chi connectivity index (χ1n) is 3.39. The molecule has 3 nitrogen and oxygen atoms in total. The summed E-state index contributed by atoms with van der Waals surface area (Å²) >= 11 is 0. The Morgan fingerprint density at radius 1 is 1.10 bits per heavy atom. The number of epoxide rings is 2. The van der Waals surface area contributed by atoms with E-state index in [0.29, 0.717) is 12.2 Å². The molecule has 1 N–H and O–H groups in total. The van der Waals surface area contributed by atoms with Crippen molar-refractivity contribution in [3.8, 4) is 0 Å². The minimum atomic E-state index is 0. The molecular formula is C7H15NO2. The molecule has 2 aliphatic rings. The maximum absolute atomic E-state index is 5.01. The summed E-state index contributed by atoms with van der Waals surface area (Å²) in [4.78, 5) is 0. The molecule has 2 aliphatic heterocycles. The summed E-state index contributed by atoms with van der Waals surface area (Å²) in [5.74, 6) is 0. The molecule has 0 radical (unpaired) electrons. The van der Waals surface area contributed by atoms with Gasteiger partial charge in [-0.25, -0.2) is 0 Å². The Kier molecular flexibility index (Phi) is 2.65. The Hall–Kier alpha value is -0.120. The van der Waals surface area contributed by atoms with Crippen LogP contribution in [0.5, 0.6) is 0 Å². The maximum atomic E-state index is 5.01. The quantitative estimate of drug-likeness (QED) is 0.566. The highest BCUT2D eigenvalue weighted by Crippen LogP contribution is 2.09. The minimum Gasteiger partial charge on any atom is -0.372 e. The van der Waals surface area contributed by atoms with E-state index in [1.165, 1.54) is 0 Å². The summed E-state index contributed by atoms with van der Waals surface area (Å²) in [5.41, 5.74) is 0. The lowest BCUT2D eigenvalue weighted by molar-refractivity contribution is 0.373. The van der Waals surface area contributed by atoms with E-state index < -0.39 is 0 Å². The van der Waals surface area contributed by atoms with E-state index in [4.69, 9.17) is 9.47 Å². The Balaban J connectivity index is 0.000000500. The molecule has 60 valence electrons. The molecule has 2 saturated heterocycles. The molecule has 2 unspecified atom stereocenters. The molecule has 2 atom stereocenters. The second-order valence-corrected chi connectivity index (χ2v) is 2.57. The van der Waals surface area contributed by atoms with Crippen molar-refractivity contribution in [3.05, 3.63) is 0 Å². The topological polar surface area (TPSA) is 37.1 Å². The van der Waals surface area contributed by atoms with Gasteiger partial charge in [-0.05, 0) is 0 Å². The van der Waals surface area contributed by atoms with Crippen LogP contribution in [0.4, 0.5) is 0 Å². The zero-order valence-electron chi connectivity index (χ0n) is 5.30. The van der Waals surface area contributed by atoms with Gasteiger partial charge in [0.15, 0.2) is 0 Å². The summed E-state index contributed by atoms with van der Waals surface area (Å²) in [6.07, 6.45) is 1.01. The predicted octanol–water partition coefficient (Wildman–Crippen LogP) is 0.00970. The Morgan fingerprint density at radius 3 is 1.80 bits per heavy atom. The van der Waals surface area contributed by atoms with Crippen molar-refractivity contribution in [1.29, 1.82) is 0 Å². The van der Waals surface area contributed by atoms with Crippen molar-refractivity contribution in [2.75, 3.05) is 26.3 Å². The molecule has 0 saturated carbocycles. The fourth-order valence-corrected chi connectivity index (χ4v) is 0.777. The first kappa shape index (κ1) is 7.98. The molecule has 0 aromatic carbocycles. The van der Waals surface area contributed by atoms with Gasteiger partial charge in [-0.2, -0.15) is 0 Å². The van der Waals surface area contributed by atoms with Gasteiger partial charge in [0.2, 0.25) is 0 Å². The van der Waals surface area contributed by atoms with Crippen molar-refractivity contribution in [3.63, 3.8) is 0 Å². The molecule has 0 spiro atoms. The zero-order chi connectivity index (χ0) is 6.10. The van der Waals surface area contributed by atoms with E-state index in [2.05, 4.69) is 5.32 Å². The standard InChI is InChI=1S/C6H11NO2.CH4/c1(5-3-8-5)7-2-6-4-9-6;/h5-7H,1-4H2;1H4. The van der Waals surface area contributed by atoms with Crippen LogP contribution in [0.25, 0.3) is 0 Å². The van der Waals surface area contributed by atoms with Crippen LogP contribution < -0.4 is 5.32 Å². The van der Waals surface area contributed by atoms with Crippen molar-refractivity contribution in [2.45, 2.75) is 19.6 Å². The molecule has 0 amide bonds. The highest BCUT2D eigenvalue weighted by molar-refractivity contribution is 4.76. The van der Waals surface area contributed by atoms with Gasteiger partial charge in [0, 0.05) is 13.1 Å². The van der Waals surface area contributed by atoms with E-state index >= 15 is 0 Å². The summed E-state index contributed by atoms with van der Waals surface area (Å²) in [6, 6.07) is 0. The lowest BCUT2D eigenvalue weighted by Gasteiger charge is -1.95. The lowest BCUT2D eigenvalue weighted by atomic mass is 10.4. The molecule has 2 rings (SSSR count). The van der Waals surface area contributed by atoms with Crippen LogP contribution in [-0.2, 0) is 9.47 Å². The molecular weight excluding hydrogens is 130 g/mol. The molecule has 0 aromatic rings. The average Bonchev–Trinajstić information content (AvgIpc) is 2.57. The van der Waals surface area contributed by atoms with Crippen LogP contribution >= 0.6 is 0 Å². The number of ether oxygens (including phenoxy) is 2. The van der Waals surface area contributed by atoms with Gasteiger partial charge in [-0.15, -0.1) is 0 Å². The van der Waals surface area contributed by atoms with Crippen molar-refractivity contribution in [2.24, 2.45) is 0 Å². The van der Waals surface area contributed by atoms with Gasteiger partial charge in [0.25, 0.3) is 0 Å². The highest BCUT2D eigenvalue weighted by Gasteiger charge is 2.25. The summed E-state index contributed by atoms with van der Waals surface area (Å²) in [7, 11) is 0. The van der Waals surface area contributed by atoms with Crippen LogP contribution in [0.2, 0.25) is 0 Å². The monoisotopic (exact) mass is 145 g/mol. The van der Waals surface area contributed by atoms with E-state index in [-0.39, 0.29) is 7.43 Å². The third-order valence-corrected chi connectivity index (χ3v) is 1.55. The molecule has 2 fully saturated rings. The zero-order valence-corrected chi connectivity index (χ0v) is 5.30. The van der Waals surface area contributed by atoms with Gasteiger partial charge in [0.1, 0.15) is 0 Å². The summed E-state index contributed by atoms with van der Waals surface area (Å²) in [6.45, 7) is 3.89. The number of hydrogen-bond acceptors (Lipinski definition) is 3. The smallest absolute Gasteiger partial charge is 0.0933 e. The number of nitrogens with one attached hydrogen (secondary N) is 1. The number of rotatable bonds is 4. The molecule has 2 heterocycles. The summed E-state index contributed by atoms with van der Waals surface area (Å²) < 4.78 is 10.0. The minimum absolute atomic E-state index is 0. The Bertz CT molecular complexity index is 87.8. The van der Waals surface area contributed by atoms with Gasteiger partial charge < -0.3 is 14.8 Å². The SMILES string of the molecule is C.C(NCC1CO1)C1CO1. The van der Waals surface area contributed by atoms with Crippen LogP contribution in [-0.4, -0.2) is 38.5 Å². The molecule has 0 aliphatic carbocycles. The van der Waals surface area contributed by atoms with Crippen LogP contribution in [0, 0.1) is 0 Å². The maximum Gasteiger partial charge on any atom is 0.0933 e. The fraction of sp³-hybridized carbons (Fsp3) is 1.00. The highest BCUT2D eigenvalue weighted by atomic mass is 16.6. The van der Waals surface area contributed by atoms with E-state index in [1.807, 2.05) is 0 Å². The van der Waals surface area contributed by atoms with Crippen molar-refractivity contribution >= 4 is 0 Å². The third-order valence-electron chi connectivity index (χ3n) is 1.55. The largest absolute Gasteiger partial charge is 0.372 e. The second-order valence-electron chi connectivity index (χ2n) is 2.57. The summed E-state index contributed by atoms with van der Waals surface area (Å²) in [5, 5.41) is 3.26. The fourth-order valence-electron chi connectivity index (χ4n) is 0.777. The van der Waals surface area contributed by atoms with Gasteiger partial charge in [0.05, 0.1) is 25.4 Å². The first-order valence-corrected chi connectivity index (χ1v) is 3.39. The van der Waals surface area contributed by atoms with E-state index in [1.54, 1.807) is 0 Å². The predicted molar refractivity (Wildman–Crippen MR) is 39.1 cm³/mol. The molecule has 0 bridgehead atoms. The van der Waals surface area contributed by atoms with Gasteiger partial charge in [-0.3, -0.25) is 0 Å². The van der Waals surface area contributed by atoms with Gasteiger partial charge in [-0.1, -0.05) is 7.43 Å². The lowest BCUT2D eigenvalue weighted by Crippen LogP contribution is -2.24. The first-order chi connectivity index (χ1) is 4.45. The van der Waals surface area contributed by atoms with Crippen LogP contribution in [0.15, 0.2) is 0 Å². The average molecular weight is 145 g/mol. The molecule has 10 heavy (non-hydrogen) atoms. The Morgan fingerprint density at radius 2 is 1.50 bits per heavy atom. The number of hydrogen-bond donors (Lipinski definition) is 1. The van der Waals surface area contributed by atoms with Crippen LogP contribution in [0.1, 0.15) is 7.43 Å². The normalized spacial score (nSPS) is 34.8. The molecule has 0 aromatic heterocycles. The third kappa shape index (κ3) is 2.64. The van der Waals surface area contributed by atoms with E-state index in [0.717, 1.165) is 26.3 Å². The molecule has 3 heteroatoms. The second kappa shape index (κ2) is 3.32. The Labute approximate surface area is 61.7 Å². The van der Waals surface area contributed by atoms with Gasteiger partial charge >= 0.3 is 0 Å². The van der Waals surface area contributed by atoms with Crippen LogP contribution in [0.3, 0.4) is 0 Å². The van der Waals surface area contributed by atoms with Crippen molar-refractivity contribution < 1.29 is 9.47 Å².